The molecule has 0 bridgehead atoms. The van der Waals surface area contributed by atoms with Gasteiger partial charge in [-0.3, -0.25) is 19.3 Å². The Bertz CT molecular complexity index is 1390. The minimum atomic E-state index is -1.03. The number of fused-ring (bicyclic) bond motifs is 1. The highest BCUT2D eigenvalue weighted by Crippen LogP contribution is 2.50. The number of nitriles is 1. The van der Waals surface area contributed by atoms with E-state index in [1.807, 2.05) is 26.0 Å². The largest absolute Gasteiger partial charge is 0.469 e. The number of nitrogens with two attached hydrogens (primary N) is 1. The van der Waals surface area contributed by atoms with Gasteiger partial charge in [-0.1, -0.05) is 30.0 Å². The summed E-state index contributed by atoms with van der Waals surface area (Å²) in [6.45, 7) is 3.85. The van der Waals surface area contributed by atoms with Crippen molar-refractivity contribution in [2.24, 2.45) is 5.73 Å². The molecule has 184 valence electrons. The lowest BCUT2D eigenvalue weighted by Gasteiger charge is -2.32. The summed E-state index contributed by atoms with van der Waals surface area (Å²) < 4.78 is 18.9. The maximum absolute atomic E-state index is 14.2. The van der Waals surface area contributed by atoms with Crippen molar-refractivity contribution in [2.75, 3.05) is 12.4 Å². The maximum Gasteiger partial charge on any atom is 0.307 e. The van der Waals surface area contributed by atoms with E-state index in [4.69, 9.17) is 10.5 Å². The van der Waals surface area contributed by atoms with Crippen LogP contribution in [0.3, 0.4) is 0 Å². The highest BCUT2D eigenvalue weighted by Gasteiger charge is 2.48. The number of hydrogen-bond donors (Lipinski definition) is 2. The predicted octanol–water partition coefficient (Wildman–Crippen LogP) is 3.59. The Morgan fingerprint density at radius 2 is 1.97 bits per heavy atom. The number of nitrogens with zero attached hydrogens (tertiary/aromatic N) is 2. The number of allylic oxidation sites excluding steroid dienone is 1. The van der Waals surface area contributed by atoms with Crippen LogP contribution in [0, 0.1) is 31.0 Å². The molecule has 1 fully saturated rings. The Hall–Kier alpha value is -4.10. The number of anilines is 1. The first-order valence-electron chi connectivity index (χ1n) is 11.0. The number of amides is 2. The number of carbonyl (C=O) groups excluding carboxylic acids is 3. The zero-order valence-electron chi connectivity index (χ0n) is 19.8. The lowest BCUT2D eigenvalue weighted by Crippen LogP contribution is -2.39. The Labute approximate surface area is 211 Å². The number of thioether (sulfide) groups is 1. The number of rotatable bonds is 5. The van der Waals surface area contributed by atoms with Gasteiger partial charge in [0.2, 0.25) is 5.91 Å². The molecule has 0 aliphatic carbocycles. The number of nitrogens with one attached hydrogen (secondary N) is 1. The number of halogens is 1. The molecular formula is C26H23FN4O4S. The van der Waals surface area contributed by atoms with Gasteiger partial charge in [-0.15, -0.1) is 0 Å². The Morgan fingerprint density at radius 1 is 1.22 bits per heavy atom. The fraction of sp³-hybridized carbons (Fsp3) is 0.231. The molecule has 2 aliphatic heterocycles. The van der Waals surface area contributed by atoms with Crippen molar-refractivity contribution in [1.82, 2.24) is 4.90 Å². The van der Waals surface area contributed by atoms with Gasteiger partial charge in [-0.05, 0) is 54.8 Å². The van der Waals surface area contributed by atoms with Crippen molar-refractivity contribution < 1.29 is 23.5 Å². The van der Waals surface area contributed by atoms with E-state index in [-0.39, 0.29) is 28.4 Å². The molecule has 2 atom stereocenters. The summed E-state index contributed by atoms with van der Waals surface area (Å²) in [5.74, 6) is -3.46. The van der Waals surface area contributed by atoms with Crippen molar-refractivity contribution in [2.45, 2.75) is 31.4 Å². The van der Waals surface area contributed by atoms with Gasteiger partial charge in [0.05, 0.1) is 41.7 Å². The Kier molecular flexibility index (Phi) is 6.86. The van der Waals surface area contributed by atoms with E-state index < -0.39 is 34.8 Å². The number of ether oxygens (including phenoxy) is 1. The van der Waals surface area contributed by atoms with Crippen LogP contribution < -0.4 is 11.1 Å². The van der Waals surface area contributed by atoms with Crippen LogP contribution in [0.1, 0.15) is 29.0 Å². The van der Waals surface area contributed by atoms with Crippen LogP contribution in [-0.4, -0.2) is 35.0 Å². The number of hydrogen-bond acceptors (Lipinski definition) is 7. The molecule has 1 saturated heterocycles. The van der Waals surface area contributed by atoms with Crippen LogP contribution in [0.4, 0.5) is 10.1 Å². The van der Waals surface area contributed by atoms with E-state index in [9.17, 15) is 24.0 Å². The highest BCUT2D eigenvalue weighted by molar-refractivity contribution is 8.04. The Morgan fingerprint density at radius 3 is 2.61 bits per heavy atom. The van der Waals surface area contributed by atoms with Gasteiger partial charge in [0.1, 0.15) is 16.9 Å². The van der Waals surface area contributed by atoms with E-state index in [1.165, 1.54) is 25.3 Å². The van der Waals surface area contributed by atoms with Crippen molar-refractivity contribution in [3.63, 3.8) is 0 Å². The van der Waals surface area contributed by atoms with Crippen LogP contribution in [0.15, 0.2) is 64.5 Å². The molecule has 36 heavy (non-hydrogen) atoms. The average Bonchev–Trinajstić information content (AvgIpc) is 3.16. The van der Waals surface area contributed by atoms with Crippen LogP contribution in [0.5, 0.6) is 0 Å². The molecule has 0 saturated carbocycles. The van der Waals surface area contributed by atoms with E-state index >= 15 is 0 Å². The maximum atomic E-state index is 14.2. The SMILES string of the molecule is COC(=O)C[C@@H]1SC2=C(C(=O)Nc3ccc(C)c(C)c3)[C@H](c3cccc(F)c3)C(C#N)=C(N)N2C1=O. The molecule has 2 heterocycles. The molecule has 0 aromatic heterocycles. The first kappa shape index (κ1) is 25.0. The summed E-state index contributed by atoms with van der Waals surface area (Å²) >= 11 is 0.995. The second kappa shape index (κ2) is 9.87. The van der Waals surface area contributed by atoms with Crippen LogP contribution in [-0.2, 0) is 19.1 Å². The molecule has 3 N–H and O–H groups in total. The van der Waals surface area contributed by atoms with Gasteiger partial charge >= 0.3 is 5.97 Å². The fourth-order valence-corrected chi connectivity index (χ4v) is 5.51. The minimum absolute atomic E-state index is 0.0651. The van der Waals surface area contributed by atoms with E-state index in [0.717, 1.165) is 27.8 Å². The summed E-state index contributed by atoms with van der Waals surface area (Å²) in [5, 5.41) is 12.2. The first-order valence-corrected chi connectivity index (χ1v) is 11.9. The Balaban J connectivity index is 1.88. The number of methoxy groups -OCH3 is 1. The van der Waals surface area contributed by atoms with Crippen LogP contribution in [0.2, 0.25) is 0 Å². The van der Waals surface area contributed by atoms with Gasteiger partial charge in [0, 0.05) is 5.69 Å². The van der Waals surface area contributed by atoms with Crippen LogP contribution in [0.25, 0.3) is 0 Å². The van der Waals surface area contributed by atoms with Crippen molar-refractivity contribution >= 4 is 35.2 Å². The molecule has 2 aliphatic rings. The van der Waals surface area contributed by atoms with Gasteiger partial charge in [0.25, 0.3) is 5.91 Å². The number of esters is 1. The normalized spacial score (nSPS) is 19.2. The van der Waals surface area contributed by atoms with Crippen LogP contribution >= 0.6 is 11.8 Å². The van der Waals surface area contributed by atoms with Gasteiger partial charge in [-0.2, -0.15) is 5.26 Å². The molecule has 0 radical (unpaired) electrons. The van der Waals surface area contributed by atoms with E-state index in [0.29, 0.717) is 11.3 Å². The van der Waals surface area contributed by atoms with E-state index in [2.05, 4.69) is 5.32 Å². The molecule has 0 unspecified atom stereocenters. The number of benzene rings is 2. The fourth-order valence-electron chi connectivity index (χ4n) is 4.18. The summed E-state index contributed by atoms with van der Waals surface area (Å²) in [4.78, 5) is 40.0. The molecule has 8 nitrogen and oxygen atoms in total. The average molecular weight is 507 g/mol. The number of carbonyl (C=O) groups is 3. The third-order valence-electron chi connectivity index (χ3n) is 6.17. The minimum Gasteiger partial charge on any atom is -0.469 e. The molecule has 4 rings (SSSR count). The van der Waals surface area contributed by atoms with Gasteiger partial charge in [-0.25, -0.2) is 4.39 Å². The lowest BCUT2D eigenvalue weighted by molar-refractivity contribution is -0.142. The monoisotopic (exact) mass is 506 g/mol. The van der Waals surface area contributed by atoms with Crippen molar-refractivity contribution in [3.05, 3.63) is 87.0 Å². The molecule has 10 heteroatoms. The third-order valence-corrected chi connectivity index (χ3v) is 7.45. The first-order chi connectivity index (χ1) is 17.2. The molecule has 2 amide bonds. The van der Waals surface area contributed by atoms with Crippen molar-refractivity contribution in [3.8, 4) is 6.07 Å². The quantitative estimate of drug-likeness (QED) is 0.594. The molecule has 2 aromatic carbocycles. The lowest BCUT2D eigenvalue weighted by atomic mass is 9.82. The third kappa shape index (κ3) is 4.45. The molecule has 0 spiro atoms. The van der Waals surface area contributed by atoms with E-state index in [1.54, 1.807) is 18.2 Å². The second-order valence-electron chi connectivity index (χ2n) is 8.43. The summed E-state index contributed by atoms with van der Waals surface area (Å²) in [6.07, 6.45) is -0.244. The second-order valence-corrected chi connectivity index (χ2v) is 9.62. The smallest absolute Gasteiger partial charge is 0.307 e. The highest BCUT2D eigenvalue weighted by atomic mass is 32.2. The summed E-state index contributed by atoms with van der Waals surface area (Å²) in [5.41, 5.74) is 9.13. The zero-order valence-corrected chi connectivity index (χ0v) is 20.6. The zero-order chi connectivity index (χ0) is 26.1. The predicted molar refractivity (Wildman–Crippen MR) is 132 cm³/mol. The van der Waals surface area contributed by atoms with Gasteiger partial charge < -0.3 is 15.8 Å². The van der Waals surface area contributed by atoms with Gasteiger partial charge in [0.15, 0.2) is 0 Å². The van der Waals surface area contributed by atoms with Crippen molar-refractivity contribution in [1.29, 1.82) is 5.26 Å². The molecular weight excluding hydrogens is 483 g/mol. The topological polar surface area (TPSA) is 126 Å². The number of aryl methyl sites for hydroxylation is 2. The standard InChI is InChI=1S/C26H23FN4O4S/c1-13-7-8-17(9-14(13)2)30-24(33)22-21(15-5-4-6-16(27)10-15)18(12-28)23(29)31-25(34)19(36-26(22)31)11-20(32)35-3/h4-10,19,21H,11,29H2,1-3H3,(H,30,33)/t19-,21+/m0/s1. The summed E-state index contributed by atoms with van der Waals surface area (Å²) in [7, 11) is 1.21. The molecule has 2 aromatic rings. The summed E-state index contributed by atoms with van der Waals surface area (Å²) in [6, 6.07) is 12.9.